The second-order valence-electron chi connectivity index (χ2n) is 8.96. The lowest BCUT2D eigenvalue weighted by Crippen LogP contribution is -2.27. The molecule has 0 bridgehead atoms. The van der Waals surface area contributed by atoms with Crippen LogP contribution in [-0.2, 0) is 13.2 Å². The highest BCUT2D eigenvalue weighted by atomic mass is 19.4. The molecular formula is C28H23F3N4O2. The van der Waals surface area contributed by atoms with Gasteiger partial charge in [0.05, 0.1) is 11.2 Å². The molecule has 4 aromatic rings. The van der Waals surface area contributed by atoms with Gasteiger partial charge in [-0.3, -0.25) is 14.3 Å². The molecule has 188 valence electrons. The molecule has 0 unspecified atom stereocenters. The molecule has 3 heterocycles. The number of aryl methyl sites for hydroxylation is 1. The van der Waals surface area contributed by atoms with E-state index in [1.807, 2.05) is 4.90 Å². The molecule has 2 aromatic heterocycles. The fourth-order valence-electron chi connectivity index (χ4n) is 4.39. The maximum absolute atomic E-state index is 13.1. The van der Waals surface area contributed by atoms with Gasteiger partial charge in [-0.2, -0.15) is 18.3 Å². The van der Waals surface area contributed by atoms with Crippen molar-refractivity contribution in [3.05, 3.63) is 89.3 Å². The fourth-order valence-corrected chi connectivity index (χ4v) is 4.39. The monoisotopic (exact) mass is 504 g/mol. The number of fused-ring (bicyclic) bond motifs is 1. The van der Waals surface area contributed by atoms with E-state index in [-0.39, 0.29) is 23.1 Å². The first-order valence-electron chi connectivity index (χ1n) is 11.8. The van der Waals surface area contributed by atoms with Crippen molar-refractivity contribution >= 4 is 28.7 Å². The third-order valence-corrected chi connectivity index (χ3v) is 6.39. The minimum Gasteiger partial charge on any atom is -0.339 e. The van der Waals surface area contributed by atoms with Crippen LogP contribution in [0.4, 0.5) is 13.2 Å². The second-order valence-corrected chi connectivity index (χ2v) is 8.96. The van der Waals surface area contributed by atoms with Crippen LogP contribution < -0.4 is 0 Å². The molecule has 1 aliphatic rings. The smallest absolute Gasteiger partial charge is 0.339 e. The number of carbonyl (C=O) groups excluding carboxylic acids is 2. The Morgan fingerprint density at radius 2 is 1.68 bits per heavy atom. The number of rotatable bonds is 5. The predicted octanol–water partition coefficient (Wildman–Crippen LogP) is 5.79. The summed E-state index contributed by atoms with van der Waals surface area (Å²) in [7, 11) is 1.25. The fraction of sp³-hybridized carbons (Fsp3) is 0.214. The van der Waals surface area contributed by atoms with Gasteiger partial charge in [-0.1, -0.05) is 30.3 Å². The van der Waals surface area contributed by atoms with Crippen LogP contribution in [0, 0.1) is 0 Å². The highest BCUT2D eigenvalue weighted by Crippen LogP contribution is 2.32. The third-order valence-electron chi connectivity index (χ3n) is 6.39. The Labute approximate surface area is 211 Å². The van der Waals surface area contributed by atoms with Crippen molar-refractivity contribution in [2.24, 2.45) is 7.05 Å². The summed E-state index contributed by atoms with van der Waals surface area (Å²) in [4.78, 5) is 31.4. The van der Waals surface area contributed by atoms with Gasteiger partial charge < -0.3 is 4.90 Å². The van der Waals surface area contributed by atoms with Gasteiger partial charge in [-0.05, 0) is 60.9 Å². The highest BCUT2D eigenvalue weighted by Gasteiger charge is 2.35. The molecule has 0 spiro atoms. The molecule has 1 aliphatic heterocycles. The highest BCUT2D eigenvalue weighted by molar-refractivity contribution is 6.06. The van der Waals surface area contributed by atoms with Gasteiger partial charge in [0.15, 0.2) is 0 Å². The average molecular weight is 505 g/mol. The number of pyridine rings is 1. The summed E-state index contributed by atoms with van der Waals surface area (Å²) in [6, 6.07) is 16.4. The van der Waals surface area contributed by atoms with Gasteiger partial charge in [0.25, 0.3) is 5.91 Å². The lowest BCUT2D eigenvalue weighted by atomic mass is 10.1. The molecule has 2 aromatic carbocycles. The summed E-state index contributed by atoms with van der Waals surface area (Å²) >= 11 is 0. The van der Waals surface area contributed by atoms with Crippen LogP contribution >= 0.6 is 0 Å². The predicted molar refractivity (Wildman–Crippen MR) is 134 cm³/mol. The minimum atomic E-state index is -4.49. The SMILES string of the molecule is Cn1nc(-c2ccc3nc(C(=O)C=Cc4ccc(C(=O)N5CCCC5)cc4)ccc3c2)cc1C(F)(F)F. The number of halogens is 3. The minimum absolute atomic E-state index is 0.0245. The molecule has 0 atom stereocenters. The van der Waals surface area contributed by atoms with Crippen molar-refractivity contribution in [1.29, 1.82) is 0 Å². The second kappa shape index (κ2) is 9.65. The molecule has 37 heavy (non-hydrogen) atoms. The van der Waals surface area contributed by atoms with Crippen molar-refractivity contribution in [2.45, 2.75) is 19.0 Å². The number of nitrogens with zero attached hydrogens (tertiary/aromatic N) is 4. The first-order valence-corrected chi connectivity index (χ1v) is 11.8. The van der Waals surface area contributed by atoms with E-state index in [4.69, 9.17) is 0 Å². The Morgan fingerprint density at radius 1 is 0.946 bits per heavy atom. The van der Waals surface area contributed by atoms with Gasteiger partial charge in [0.1, 0.15) is 11.4 Å². The Hall–Kier alpha value is -4.27. The molecule has 0 radical (unpaired) electrons. The van der Waals surface area contributed by atoms with Gasteiger partial charge >= 0.3 is 6.18 Å². The van der Waals surface area contributed by atoms with E-state index in [0.717, 1.165) is 42.2 Å². The molecule has 0 N–H and O–H groups in total. The quantitative estimate of drug-likeness (QED) is 0.255. The molecule has 5 rings (SSSR count). The Kier molecular flexibility index (Phi) is 6.37. The summed E-state index contributed by atoms with van der Waals surface area (Å²) in [6.07, 6.45) is 0.665. The van der Waals surface area contributed by atoms with Crippen LogP contribution in [0.3, 0.4) is 0 Å². The Bertz CT molecular complexity index is 1510. The van der Waals surface area contributed by atoms with Crippen LogP contribution in [0.1, 0.15) is 44.9 Å². The van der Waals surface area contributed by atoms with E-state index in [2.05, 4.69) is 10.1 Å². The average Bonchev–Trinajstić information content (AvgIpc) is 3.56. The lowest BCUT2D eigenvalue weighted by Gasteiger charge is -2.15. The molecular weight excluding hydrogens is 481 g/mol. The number of hydrogen-bond donors (Lipinski definition) is 0. The van der Waals surface area contributed by atoms with E-state index in [0.29, 0.717) is 22.0 Å². The number of ketones is 1. The lowest BCUT2D eigenvalue weighted by molar-refractivity contribution is -0.143. The summed E-state index contributed by atoms with van der Waals surface area (Å²) in [5, 5.41) is 4.66. The number of alkyl halides is 3. The topological polar surface area (TPSA) is 68.1 Å². The van der Waals surface area contributed by atoms with E-state index in [9.17, 15) is 22.8 Å². The summed E-state index contributed by atoms with van der Waals surface area (Å²) in [5.74, 6) is -0.265. The summed E-state index contributed by atoms with van der Waals surface area (Å²) in [6.45, 7) is 1.58. The van der Waals surface area contributed by atoms with Crippen LogP contribution in [0.5, 0.6) is 0 Å². The summed E-state index contributed by atoms with van der Waals surface area (Å²) in [5.41, 5.74) is 2.08. The van der Waals surface area contributed by atoms with Crippen LogP contribution in [0.25, 0.3) is 28.2 Å². The van der Waals surface area contributed by atoms with E-state index in [1.165, 1.54) is 13.1 Å². The Balaban J connectivity index is 1.30. The van der Waals surface area contributed by atoms with Crippen molar-refractivity contribution in [2.75, 3.05) is 13.1 Å². The molecule has 0 saturated carbocycles. The molecule has 1 fully saturated rings. The number of aromatic nitrogens is 3. The molecule has 6 nitrogen and oxygen atoms in total. The van der Waals surface area contributed by atoms with Crippen LogP contribution in [0.2, 0.25) is 0 Å². The standard InChI is InChI=1S/C28H23F3N4O2/c1-34-26(28(29,30)31)17-24(33-34)21-9-11-22-20(16-21)10-12-23(32-22)25(36)13-6-18-4-7-19(8-5-18)27(37)35-14-2-3-15-35/h4-13,16-17H,2-3,14-15H2,1H3. The first-order chi connectivity index (χ1) is 17.7. The Morgan fingerprint density at radius 3 is 2.35 bits per heavy atom. The number of carbonyl (C=O) groups is 2. The number of allylic oxidation sites excluding steroid dienone is 1. The molecule has 1 amide bonds. The van der Waals surface area contributed by atoms with Crippen LogP contribution in [-0.4, -0.2) is 44.4 Å². The van der Waals surface area contributed by atoms with Crippen LogP contribution in [0.15, 0.2) is 66.7 Å². The van der Waals surface area contributed by atoms with Crippen molar-refractivity contribution < 1.29 is 22.8 Å². The van der Waals surface area contributed by atoms with Crippen molar-refractivity contribution in [3.63, 3.8) is 0 Å². The first kappa shape index (κ1) is 24.4. The maximum Gasteiger partial charge on any atom is 0.433 e. The number of likely N-dealkylation sites (tertiary alicyclic amines) is 1. The van der Waals surface area contributed by atoms with E-state index >= 15 is 0 Å². The zero-order chi connectivity index (χ0) is 26.2. The van der Waals surface area contributed by atoms with E-state index in [1.54, 1.807) is 60.7 Å². The van der Waals surface area contributed by atoms with Gasteiger partial charge in [-0.25, -0.2) is 4.98 Å². The largest absolute Gasteiger partial charge is 0.433 e. The van der Waals surface area contributed by atoms with E-state index < -0.39 is 11.9 Å². The maximum atomic E-state index is 13.1. The number of amides is 1. The van der Waals surface area contributed by atoms with Gasteiger partial charge in [-0.15, -0.1) is 0 Å². The van der Waals surface area contributed by atoms with Gasteiger partial charge in [0.2, 0.25) is 5.78 Å². The normalized spacial score (nSPS) is 14.1. The zero-order valence-electron chi connectivity index (χ0n) is 20.0. The zero-order valence-corrected chi connectivity index (χ0v) is 20.0. The number of benzene rings is 2. The van der Waals surface area contributed by atoms with Gasteiger partial charge in [0, 0.05) is 36.7 Å². The third kappa shape index (κ3) is 5.16. The summed E-state index contributed by atoms with van der Waals surface area (Å²) < 4.78 is 40.1. The van der Waals surface area contributed by atoms with Crippen molar-refractivity contribution in [1.82, 2.24) is 19.7 Å². The molecule has 9 heteroatoms. The molecule has 0 aliphatic carbocycles. The van der Waals surface area contributed by atoms with Crippen molar-refractivity contribution in [3.8, 4) is 11.3 Å². The molecule has 1 saturated heterocycles. The number of hydrogen-bond acceptors (Lipinski definition) is 4.